The molecule has 5 N–H and O–H groups in total. The fourth-order valence-electron chi connectivity index (χ4n) is 2.24. The molecule has 0 bridgehead atoms. The van der Waals surface area contributed by atoms with E-state index in [4.69, 9.17) is 11.5 Å². The van der Waals surface area contributed by atoms with Gasteiger partial charge in [-0.05, 0) is 36.0 Å². The number of nitrogens with zero attached hydrogens (tertiary/aromatic N) is 1. The molecule has 3 aromatic rings. The molecule has 2 heterocycles. The third-order valence-corrected chi connectivity index (χ3v) is 5.39. The van der Waals surface area contributed by atoms with Crippen LogP contribution >= 0.6 is 22.7 Å². The van der Waals surface area contributed by atoms with E-state index in [2.05, 4.69) is 16.9 Å². The van der Waals surface area contributed by atoms with Crippen LogP contribution in [0, 0.1) is 0 Å². The molecule has 0 aliphatic carbocycles. The largest absolute Gasteiger partial charge is 0.405 e. The van der Waals surface area contributed by atoms with E-state index in [1.807, 2.05) is 23.6 Å². The first kappa shape index (κ1) is 15.5. The number of nitrogens with two attached hydrogens (primary N) is 2. The van der Waals surface area contributed by atoms with Crippen molar-refractivity contribution in [2.45, 2.75) is 12.8 Å². The molecule has 1 atom stereocenters. The molecule has 0 radical (unpaired) electrons. The second-order valence-electron chi connectivity index (χ2n) is 5.07. The molecule has 0 saturated carbocycles. The number of aromatic nitrogens is 2. The Labute approximate surface area is 142 Å². The van der Waals surface area contributed by atoms with E-state index >= 15 is 0 Å². The summed E-state index contributed by atoms with van der Waals surface area (Å²) in [5.74, 6) is 0.133. The molecule has 120 valence electrons. The number of hydrogen-bond acceptors (Lipinski definition) is 6. The van der Waals surface area contributed by atoms with Crippen molar-refractivity contribution in [2.24, 2.45) is 11.5 Å². The smallest absolute Gasteiger partial charge is 0.305 e. The highest BCUT2D eigenvalue weighted by Crippen LogP contribution is 2.30. The molecule has 0 amide bonds. The Bertz CT molecular complexity index is 954. The number of fused-ring (bicyclic) bond motifs is 1. The summed E-state index contributed by atoms with van der Waals surface area (Å²) in [5.41, 5.74) is 14.6. The van der Waals surface area contributed by atoms with Gasteiger partial charge in [0, 0.05) is 12.7 Å². The summed E-state index contributed by atoms with van der Waals surface area (Å²) >= 11 is 2.79. The zero-order valence-corrected chi connectivity index (χ0v) is 14.1. The van der Waals surface area contributed by atoms with E-state index in [1.54, 1.807) is 23.5 Å². The van der Waals surface area contributed by atoms with E-state index in [0.717, 1.165) is 26.5 Å². The fraction of sp³-hybridized carbons (Fsp3) is 0.125. The van der Waals surface area contributed by atoms with Gasteiger partial charge in [-0.25, -0.2) is 4.98 Å². The summed E-state index contributed by atoms with van der Waals surface area (Å²) in [6.07, 6.45) is 4.84. The Morgan fingerprint density at radius 2 is 2.30 bits per heavy atom. The summed E-state index contributed by atoms with van der Waals surface area (Å²) in [5, 5.41) is 2.92. The van der Waals surface area contributed by atoms with Gasteiger partial charge in [-0.15, -0.1) is 11.3 Å². The molecule has 0 saturated heterocycles. The van der Waals surface area contributed by atoms with E-state index in [-0.39, 0.29) is 12.2 Å². The number of allylic oxidation sites excluding steroid dienone is 2. The van der Waals surface area contributed by atoms with Crippen molar-refractivity contribution in [1.29, 1.82) is 0 Å². The molecule has 0 aliphatic heterocycles. The van der Waals surface area contributed by atoms with Crippen LogP contribution in [0.4, 0.5) is 0 Å². The molecule has 2 aromatic heterocycles. The van der Waals surface area contributed by atoms with Crippen molar-refractivity contribution in [1.82, 2.24) is 9.97 Å². The SMILES string of the molecule is CC(c1ccc2[nH]c(=O)sc2c1)c1nc(/C(N)=C/C=C\N)cs1.[HH]. The normalized spacial score (nSPS) is 13.9. The van der Waals surface area contributed by atoms with Gasteiger partial charge in [0.25, 0.3) is 0 Å². The zero-order chi connectivity index (χ0) is 16.4. The fourth-order valence-corrected chi connectivity index (χ4v) is 3.93. The maximum absolute atomic E-state index is 11.4. The van der Waals surface area contributed by atoms with Crippen LogP contribution in [-0.4, -0.2) is 9.97 Å². The average Bonchev–Trinajstić information content (AvgIpc) is 3.16. The predicted molar refractivity (Wildman–Crippen MR) is 99.7 cm³/mol. The molecular weight excluding hydrogens is 328 g/mol. The van der Waals surface area contributed by atoms with Crippen LogP contribution in [0.2, 0.25) is 0 Å². The number of benzene rings is 1. The van der Waals surface area contributed by atoms with Gasteiger partial charge in [0.05, 0.1) is 21.6 Å². The van der Waals surface area contributed by atoms with Gasteiger partial charge in [-0.3, -0.25) is 4.79 Å². The lowest BCUT2D eigenvalue weighted by atomic mass is 10.0. The van der Waals surface area contributed by atoms with Crippen molar-refractivity contribution >= 4 is 38.6 Å². The molecule has 0 spiro atoms. The van der Waals surface area contributed by atoms with Crippen molar-refractivity contribution in [3.8, 4) is 0 Å². The summed E-state index contributed by atoms with van der Waals surface area (Å²) in [6.45, 7) is 2.10. The molecular formula is C16H18N4OS2. The first-order chi connectivity index (χ1) is 11.1. The first-order valence-electron chi connectivity index (χ1n) is 7.01. The maximum Gasteiger partial charge on any atom is 0.305 e. The van der Waals surface area contributed by atoms with Crippen LogP contribution in [0.5, 0.6) is 0 Å². The Morgan fingerprint density at radius 3 is 3.09 bits per heavy atom. The lowest BCUT2D eigenvalue weighted by Crippen LogP contribution is -1.99. The number of hydrogen-bond donors (Lipinski definition) is 3. The van der Waals surface area contributed by atoms with Crippen molar-refractivity contribution in [3.63, 3.8) is 0 Å². The molecule has 5 nitrogen and oxygen atoms in total. The molecule has 0 aliphatic rings. The Morgan fingerprint density at radius 1 is 1.48 bits per heavy atom. The molecule has 1 unspecified atom stereocenters. The Balaban J connectivity index is 0.00000208. The summed E-state index contributed by atoms with van der Waals surface area (Å²) in [4.78, 5) is 18.8. The number of thiazole rings is 2. The van der Waals surface area contributed by atoms with Crippen LogP contribution < -0.4 is 16.3 Å². The Hall–Kier alpha value is -2.38. The minimum atomic E-state index is -0.0350. The lowest BCUT2D eigenvalue weighted by molar-refractivity contribution is 0.904. The van der Waals surface area contributed by atoms with Crippen LogP contribution in [0.3, 0.4) is 0 Å². The van der Waals surface area contributed by atoms with E-state index in [0.29, 0.717) is 5.70 Å². The van der Waals surface area contributed by atoms with Gasteiger partial charge in [0.2, 0.25) is 0 Å². The second kappa shape index (κ2) is 6.39. The second-order valence-corrected chi connectivity index (χ2v) is 6.97. The van der Waals surface area contributed by atoms with E-state index in [1.165, 1.54) is 17.5 Å². The summed E-state index contributed by atoms with van der Waals surface area (Å²) < 4.78 is 0.962. The molecule has 1 aromatic carbocycles. The third kappa shape index (κ3) is 3.20. The molecule has 23 heavy (non-hydrogen) atoms. The van der Waals surface area contributed by atoms with Gasteiger partial charge < -0.3 is 16.5 Å². The average molecular weight is 346 g/mol. The highest BCUT2D eigenvalue weighted by molar-refractivity contribution is 7.16. The molecule has 0 fully saturated rings. The lowest BCUT2D eigenvalue weighted by Gasteiger charge is -2.08. The zero-order valence-electron chi connectivity index (χ0n) is 12.4. The van der Waals surface area contributed by atoms with E-state index in [9.17, 15) is 4.79 Å². The summed E-state index contributed by atoms with van der Waals surface area (Å²) in [6, 6.07) is 6.00. The monoisotopic (exact) mass is 346 g/mol. The predicted octanol–water partition coefficient (Wildman–Crippen LogP) is 3.22. The number of rotatable bonds is 4. The topological polar surface area (TPSA) is 97.8 Å². The van der Waals surface area contributed by atoms with Gasteiger partial charge in [0.1, 0.15) is 5.01 Å². The standard InChI is InChI=1S/C16H16N4OS2.H2/c1-9(10-4-5-12-14(7-10)23-16(21)20-12)15-19-13(8-22-15)11(18)3-2-6-17;/h2-9H,17-18H2,1H3,(H,20,21);1H/b6-2-,11-3-;. The van der Waals surface area contributed by atoms with Crippen molar-refractivity contribution in [2.75, 3.05) is 0 Å². The van der Waals surface area contributed by atoms with Crippen molar-refractivity contribution < 1.29 is 1.43 Å². The molecule has 7 heteroatoms. The number of nitrogens with one attached hydrogen (secondary N) is 1. The number of aromatic amines is 1. The molecule has 3 rings (SSSR count). The quantitative estimate of drug-likeness (QED) is 0.632. The van der Waals surface area contributed by atoms with Gasteiger partial charge in [-0.1, -0.05) is 24.3 Å². The highest BCUT2D eigenvalue weighted by Gasteiger charge is 2.14. The van der Waals surface area contributed by atoms with Crippen LogP contribution in [-0.2, 0) is 0 Å². The third-order valence-electron chi connectivity index (χ3n) is 3.52. The minimum absolute atomic E-state index is 0. The Kier molecular flexibility index (Phi) is 4.31. The van der Waals surface area contributed by atoms with Gasteiger partial charge in [-0.2, -0.15) is 0 Å². The number of H-pyrrole nitrogens is 1. The van der Waals surface area contributed by atoms with Gasteiger partial charge in [0.15, 0.2) is 0 Å². The van der Waals surface area contributed by atoms with Gasteiger partial charge >= 0.3 is 4.87 Å². The highest BCUT2D eigenvalue weighted by atomic mass is 32.1. The van der Waals surface area contributed by atoms with E-state index < -0.39 is 0 Å². The van der Waals surface area contributed by atoms with Crippen LogP contribution in [0.15, 0.2) is 46.7 Å². The first-order valence-corrected chi connectivity index (χ1v) is 8.70. The van der Waals surface area contributed by atoms with Crippen LogP contribution in [0.25, 0.3) is 15.9 Å². The maximum atomic E-state index is 11.4. The van der Waals surface area contributed by atoms with Crippen LogP contribution in [0.1, 0.15) is 30.5 Å². The van der Waals surface area contributed by atoms with Crippen molar-refractivity contribution in [3.05, 3.63) is 67.9 Å². The summed E-state index contributed by atoms with van der Waals surface area (Å²) in [7, 11) is 0. The minimum Gasteiger partial charge on any atom is -0.405 e.